The Balaban J connectivity index is 1.60. The Hall–Kier alpha value is -3.83. The van der Waals surface area contributed by atoms with E-state index in [2.05, 4.69) is 10.2 Å². The monoisotopic (exact) mass is 515 g/mol. The van der Waals surface area contributed by atoms with Crippen molar-refractivity contribution in [1.29, 1.82) is 5.41 Å². The molecule has 2 aliphatic heterocycles. The van der Waals surface area contributed by atoms with Crippen molar-refractivity contribution in [2.45, 2.75) is 46.1 Å². The van der Waals surface area contributed by atoms with E-state index in [-0.39, 0.29) is 30.6 Å². The fourth-order valence-corrected chi connectivity index (χ4v) is 5.01. The number of amides is 1. The highest BCUT2D eigenvalue weighted by Gasteiger charge is 2.39. The second kappa shape index (κ2) is 9.24. The number of hydrogen-bond donors (Lipinski definition) is 1. The summed E-state index contributed by atoms with van der Waals surface area (Å²) in [6.45, 7) is 5.72. The molecule has 37 heavy (non-hydrogen) atoms. The minimum absolute atomic E-state index is 0.00795. The van der Waals surface area contributed by atoms with E-state index in [1.54, 1.807) is 33.5 Å². The molecular weight excluding hydrogens is 487 g/mol. The number of benzene rings is 1. The molecule has 3 aromatic rings. The van der Waals surface area contributed by atoms with Crippen LogP contribution in [0.4, 0.5) is 13.2 Å². The maximum absolute atomic E-state index is 14.0. The van der Waals surface area contributed by atoms with Gasteiger partial charge in [-0.2, -0.15) is 23.4 Å². The molecule has 4 heterocycles. The summed E-state index contributed by atoms with van der Waals surface area (Å²) in [4.78, 5) is 17.1. The number of fused-ring (bicyclic) bond motifs is 1. The summed E-state index contributed by atoms with van der Waals surface area (Å²) >= 11 is 0. The van der Waals surface area contributed by atoms with Crippen LogP contribution in [0.5, 0.6) is 0 Å². The summed E-state index contributed by atoms with van der Waals surface area (Å²) in [7, 11) is 1.82. The van der Waals surface area contributed by atoms with Gasteiger partial charge in [0.05, 0.1) is 24.5 Å². The zero-order chi connectivity index (χ0) is 26.5. The topological polar surface area (TPSA) is 92.3 Å². The summed E-state index contributed by atoms with van der Waals surface area (Å²) in [6.07, 6.45) is -2.84. The fourth-order valence-electron chi connectivity index (χ4n) is 5.01. The molecule has 0 bridgehead atoms. The Bertz CT molecular complexity index is 1380. The van der Waals surface area contributed by atoms with Crippen LogP contribution in [-0.2, 0) is 44.0 Å². The van der Waals surface area contributed by atoms with Crippen LogP contribution in [0.1, 0.15) is 45.5 Å². The Labute approximate surface area is 211 Å². The van der Waals surface area contributed by atoms with E-state index in [0.717, 1.165) is 11.4 Å². The lowest BCUT2D eigenvalue weighted by Crippen LogP contribution is -2.38. The summed E-state index contributed by atoms with van der Waals surface area (Å²) in [6, 6.07) is 5.36. The molecule has 0 aliphatic carbocycles. The number of halogens is 3. The van der Waals surface area contributed by atoms with Gasteiger partial charge in [-0.3, -0.25) is 19.6 Å². The van der Waals surface area contributed by atoms with Crippen molar-refractivity contribution in [3.8, 4) is 11.1 Å². The van der Waals surface area contributed by atoms with Gasteiger partial charge >= 0.3 is 6.18 Å². The zero-order valence-corrected chi connectivity index (χ0v) is 20.9. The average molecular weight is 516 g/mol. The number of amidine groups is 1. The van der Waals surface area contributed by atoms with Crippen LogP contribution >= 0.6 is 0 Å². The molecule has 9 nitrogen and oxygen atoms in total. The third-order valence-electron chi connectivity index (χ3n) is 6.82. The Kier molecular flexibility index (Phi) is 6.20. The van der Waals surface area contributed by atoms with E-state index >= 15 is 0 Å². The molecule has 1 amide bonds. The minimum Gasteiger partial charge on any atom is -0.463 e. The van der Waals surface area contributed by atoms with Crippen molar-refractivity contribution >= 4 is 11.9 Å². The predicted molar refractivity (Wildman–Crippen MR) is 129 cm³/mol. The van der Waals surface area contributed by atoms with Crippen molar-refractivity contribution in [2.24, 2.45) is 7.05 Å². The first-order valence-corrected chi connectivity index (χ1v) is 12.1. The number of alkyl halides is 3. The van der Waals surface area contributed by atoms with Crippen LogP contribution in [0.25, 0.3) is 11.1 Å². The van der Waals surface area contributed by atoms with Gasteiger partial charge in [0.2, 0.25) is 0 Å². The summed E-state index contributed by atoms with van der Waals surface area (Å²) in [5.41, 5.74) is 2.66. The normalized spacial score (nSPS) is 15.9. The molecule has 12 heteroatoms. The number of hydrogen-bond acceptors (Lipinski definition) is 5. The number of rotatable bonds is 6. The molecule has 1 N–H and O–H groups in total. The van der Waals surface area contributed by atoms with Crippen LogP contribution < -0.4 is 0 Å². The highest BCUT2D eigenvalue weighted by Crippen LogP contribution is 2.40. The molecule has 1 saturated heterocycles. The molecule has 0 atom stereocenters. The SMILES string of the molecule is CCn1cc(-c2cc(CN3CCOC3=N)cc3c2CCN(Cc2cc(C)nn2C)C3=O)c(C(F)(F)F)n1. The lowest BCUT2D eigenvalue weighted by Gasteiger charge is -2.31. The van der Waals surface area contributed by atoms with Crippen molar-refractivity contribution in [2.75, 3.05) is 19.7 Å². The van der Waals surface area contributed by atoms with E-state index in [1.807, 2.05) is 20.0 Å². The van der Waals surface area contributed by atoms with Gasteiger partial charge in [-0.1, -0.05) is 0 Å². The Morgan fingerprint density at radius 2 is 1.81 bits per heavy atom. The lowest BCUT2D eigenvalue weighted by molar-refractivity contribution is -0.141. The zero-order valence-electron chi connectivity index (χ0n) is 20.9. The molecule has 196 valence electrons. The first-order chi connectivity index (χ1) is 17.5. The fraction of sp³-hybridized carbons (Fsp3) is 0.440. The number of nitrogens with zero attached hydrogens (tertiary/aromatic N) is 6. The van der Waals surface area contributed by atoms with Crippen LogP contribution in [0.3, 0.4) is 0 Å². The molecule has 1 aromatic carbocycles. The largest absolute Gasteiger partial charge is 0.463 e. The highest BCUT2D eigenvalue weighted by molar-refractivity contribution is 5.99. The molecule has 2 aromatic heterocycles. The van der Waals surface area contributed by atoms with Crippen LogP contribution in [0.2, 0.25) is 0 Å². The van der Waals surface area contributed by atoms with Crippen molar-refractivity contribution in [1.82, 2.24) is 29.4 Å². The number of aromatic nitrogens is 4. The van der Waals surface area contributed by atoms with Gasteiger partial charge in [-0.15, -0.1) is 0 Å². The number of aryl methyl sites for hydroxylation is 3. The summed E-state index contributed by atoms with van der Waals surface area (Å²) < 4.78 is 50.2. The quantitative estimate of drug-likeness (QED) is 0.542. The molecule has 5 rings (SSSR count). The Morgan fingerprint density at radius 1 is 1.05 bits per heavy atom. The first-order valence-electron chi connectivity index (χ1n) is 12.1. The van der Waals surface area contributed by atoms with Gasteiger partial charge in [0.15, 0.2) is 5.69 Å². The van der Waals surface area contributed by atoms with Gasteiger partial charge in [0.1, 0.15) is 6.61 Å². The standard InChI is InChI=1S/C25H28F3N7O2/c1-4-35-14-21(22(31-35)25(26,27)28)19-10-16(12-34-7-8-37-24(34)29)11-20-18(19)5-6-33(23(20)36)13-17-9-15(2)30-32(17)3/h9-11,14,29H,4-8,12-13H2,1-3H3. The van der Waals surface area contributed by atoms with Gasteiger partial charge < -0.3 is 14.5 Å². The summed E-state index contributed by atoms with van der Waals surface area (Å²) in [5, 5.41) is 16.1. The molecular formula is C25H28F3N7O2. The summed E-state index contributed by atoms with van der Waals surface area (Å²) in [5.74, 6) is -0.243. The third kappa shape index (κ3) is 4.67. The smallest absolute Gasteiger partial charge is 0.435 e. The van der Waals surface area contributed by atoms with E-state index in [9.17, 15) is 18.0 Å². The van der Waals surface area contributed by atoms with Gasteiger partial charge in [-0.05, 0) is 55.2 Å². The maximum atomic E-state index is 14.0. The van der Waals surface area contributed by atoms with Crippen molar-refractivity contribution < 1.29 is 22.7 Å². The van der Waals surface area contributed by atoms with E-state index < -0.39 is 11.9 Å². The Morgan fingerprint density at radius 3 is 2.43 bits per heavy atom. The third-order valence-corrected chi connectivity index (χ3v) is 6.82. The van der Waals surface area contributed by atoms with Gasteiger partial charge in [0, 0.05) is 44.0 Å². The minimum atomic E-state index is -4.65. The maximum Gasteiger partial charge on any atom is 0.435 e. The van der Waals surface area contributed by atoms with E-state index in [0.29, 0.717) is 54.9 Å². The molecule has 0 radical (unpaired) electrons. The second-order valence-corrected chi connectivity index (χ2v) is 9.37. The van der Waals surface area contributed by atoms with Crippen molar-refractivity contribution in [3.05, 3.63) is 58.2 Å². The number of carbonyl (C=O) groups excluding carboxylic acids is 1. The predicted octanol–water partition coefficient (Wildman–Crippen LogP) is 3.60. The lowest BCUT2D eigenvalue weighted by atomic mass is 9.88. The van der Waals surface area contributed by atoms with Crippen LogP contribution in [-0.4, -0.2) is 61.0 Å². The van der Waals surface area contributed by atoms with Crippen LogP contribution in [0, 0.1) is 12.3 Å². The highest BCUT2D eigenvalue weighted by atomic mass is 19.4. The molecule has 0 spiro atoms. The van der Waals surface area contributed by atoms with Crippen molar-refractivity contribution in [3.63, 3.8) is 0 Å². The molecule has 0 saturated carbocycles. The number of ether oxygens (including phenoxy) is 1. The van der Waals surface area contributed by atoms with E-state index in [4.69, 9.17) is 10.1 Å². The van der Waals surface area contributed by atoms with Crippen LogP contribution in [0.15, 0.2) is 24.4 Å². The van der Waals surface area contributed by atoms with Gasteiger partial charge in [-0.25, -0.2) is 0 Å². The van der Waals surface area contributed by atoms with E-state index in [1.165, 1.54) is 10.9 Å². The average Bonchev–Trinajstić information content (AvgIpc) is 3.54. The van der Waals surface area contributed by atoms with Gasteiger partial charge in [0.25, 0.3) is 11.9 Å². The molecule has 1 fully saturated rings. The number of carbonyl (C=O) groups is 1. The molecule has 0 unspecified atom stereocenters. The second-order valence-electron chi connectivity index (χ2n) is 9.37. The first kappa shape index (κ1) is 24.8. The molecule has 2 aliphatic rings. The number of nitrogens with one attached hydrogen (secondary N) is 1.